The van der Waals surface area contributed by atoms with E-state index in [-0.39, 0.29) is 23.5 Å². The van der Waals surface area contributed by atoms with E-state index in [1.54, 1.807) is 4.68 Å². The molecule has 6 nitrogen and oxygen atoms in total. The Morgan fingerprint density at radius 3 is 2.36 bits per heavy atom. The van der Waals surface area contributed by atoms with Crippen LogP contribution in [0.1, 0.15) is 54.2 Å². The van der Waals surface area contributed by atoms with E-state index in [9.17, 15) is 13.2 Å². The van der Waals surface area contributed by atoms with Crippen molar-refractivity contribution >= 4 is 15.7 Å². The van der Waals surface area contributed by atoms with Gasteiger partial charge in [0.1, 0.15) is 0 Å². The second-order valence-corrected chi connectivity index (χ2v) is 10.2. The number of aromatic nitrogens is 2. The summed E-state index contributed by atoms with van der Waals surface area (Å²) < 4.78 is 25.8. The fraction of sp³-hybridized carbons (Fsp3) is 0.524. The highest BCUT2D eigenvalue weighted by molar-refractivity contribution is 7.91. The summed E-state index contributed by atoms with van der Waals surface area (Å²) in [6.07, 6.45) is 4.91. The third-order valence-corrected chi connectivity index (χ3v) is 7.50. The second kappa shape index (κ2) is 7.70. The number of hydrogen-bond donors (Lipinski definition) is 0. The Hall–Kier alpha value is -2.15. The summed E-state index contributed by atoms with van der Waals surface area (Å²) in [5, 5.41) is 4.62. The van der Waals surface area contributed by atoms with Crippen molar-refractivity contribution in [3.05, 3.63) is 41.6 Å². The van der Waals surface area contributed by atoms with Crippen LogP contribution in [-0.4, -0.2) is 53.6 Å². The van der Waals surface area contributed by atoms with Gasteiger partial charge in [-0.3, -0.25) is 9.48 Å². The maximum atomic E-state index is 13.1. The number of carbonyl (C=O) groups excluding carboxylic acids is 1. The highest BCUT2D eigenvalue weighted by atomic mass is 32.2. The lowest BCUT2D eigenvalue weighted by Crippen LogP contribution is -2.32. The van der Waals surface area contributed by atoms with Crippen LogP contribution in [0.15, 0.2) is 30.3 Å². The molecule has 2 fully saturated rings. The molecule has 28 heavy (non-hydrogen) atoms. The molecule has 1 aromatic heterocycles. The number of sulfone groups is 1. The van der Waals surface area contributed by atoms with E-state index in [1.807, 2.05) is 42.2 Å². The number of benzene rings is 1. The van der Waals surface area contributed by atoms with E-state index < -0.39 is 9.84 Å². The summed E-state index contributed by atoms with van der Waals surface area (Å²) in [4.78, 5) is 15.0. The fourth-order valence-electron chi connectivity index (χ4n) is 4.12. The number of nitrogens with zero attached hydrogens (tertiary/aromatic N) is 3. The largest absolute Gasteiger partial charge is 0.337 e. The molecular formula is C21H27N3O3S. The van der Waals surface area contributed by atoms with Gasteiger partial charge in [0.25, 0.3) is 5.91 Å². The molecule has 0 spiro atoms. The zero-order valence-corrected chi connectivity index (χ0v) is 17.1. The van der Waals surface area contributed by atoms with E-state index in [0.717, 1.165) is 55.6 Å². The molecule has 0 radical (unpaired) electrons. The molecule has 2 aliphatic heterocycles. The van der Waals surface area contributed by atoms with Gasteiger partial charge in [-0.1, -0.05) is 42.7 Å². The number of hydrogen-bond acceptors (Lipinski definition) is 4. The molecule has 7 heteroatoms. The molecule has 4 rings (SSSR count). The number of likely N-dealkylation sites (tertiary alicyclic amines) is 1. The third-order valence-electron chi connectivity index (χ3n) is 5.75. The lowest BCUT2D eigenvalue weighted by molar-refractivity contribution is 0.0754. The minimum absolute atomic E-state index is 0.0464. The van der Waals surface area contributed by atoms with Gasteiger partial charge in [-0.15, -0.1) is 0 Å². The van der Waals surface area contributed by atoms with Gasteiger partial charge in [-0.2, -0.15) is 5.10 Å². The Morgan fingerprint density at radius 1 is 1.07 bits per heavy atom. The van der Waals surface area contributed by atoms with E-state index in [4.69, 9.17) is 0 Å². The van der Waals surface area contributed by atoms with Crippen LogP contribution >= 0.6 is 0 Å². The first-order valence-electron chi connectivity index (χ1n) is 10.1. The van der Waals surface area contributed by atoms with Crippen molar-refractivity contribution in [2.24, 2.45) is 0 Å². The van der Waals surface area contributed by atoms with E-state index >= 15 is 0 Å². The first-order chi connectivity index (χ1) is 13.4. The maximum Gasteiger partial charge on any atom is 0.274 e. The normalized spacial score (nSPS) is 22.2. The number of amides is 1. The third kappa shape index (κ3) is 3.99. The average Bonchev–Trinajstić information content (AvgIpc) is 3.15. The van der Waals surface area contributed by atoms with E-state index in [0.29, 0.717) is 12.1 Å². The smallest absolute Gasteiger partial charge is 0.274 e. The summed E-state index contributed by atoms with van der Waals surface area (Å²) >= 11 is 0. The van der Waals surface area contributed by atoms with Crippen molar-refractivity contribution < 1.29 is 13.2 Å². The molecule has 0 N–H and O–H groups in total. The molecule has 2 aromatic rings. The maximum absolute atomic E-state index is 13.1. The zero-order valence-electron chi connectivity index (χ0n) is 16.3. The monoisotopic (exact) mass is 401 g/mol. The van der Waals surface area contributed by atoms with Crippen molar-refractivity contribution in [3.8, 4) is 11.3 Å². The van der Waals surface area contributed by atoms with Gasteiger partial charge >= 0.3 is 0 Å². The van der Waals surface area contributed by atoms with Crippen LogP contribution in [0.5, 0.6) is 0 Å². The predicted octanol–water partition coefficient (Wildman–Crippen LogP) is 3.23. The van der Waals surface area contributed by atoms with Crippen LogP contribution in [-0.2, 0) is 9.84 Å². The molecule has 0 bridgehead atoms. The predicted molar refractivity (Wildman–Crippen MR) is 109 cm³/mol. The van der Waals surface area contributed by atoms with Crippen molar-refractivity contribution in [3.63, 3.8) is 0 Å². The first-order valence-corrected chi connectivity index (χ1v) is 11.9. The lowest BCUT2D eigenvalue weighted by atomic mass is 10.1. The molecule has 3 heterocycles. The van der Waals surface area contributed by atoms with Crippen molar-refractivity contribution in [2.75, 3.05) is 24.6 Å². The highest BCUT2D eigenvalue weighted by Gasteiger charge is 2.32. The van der Waals surface area contributed by atoms with Gasteiger partial charge in [0.05, 0.1) is 23.2 Å². The number of rotatable bonds is 3. The molecule has 0 saturated carbocycles. The minimum atomic E-state index is -3.04. The van der Waals surface area contributed by atoms with Crippen molar-refractivity contribution in [2.45, 2.75) is 45.1 Å². The van der Waals surface area contributed by atoms with Crippen LogP contribution in [0, 0.1) is 6.92 Å². The molecule has 0 aliphatic carbocycles. The Kier molecular flexibility index (Phi) is 5.27. The molecule has 1 aromatic carbocycles. The van der Waals surface area contributed by atoms with Crippen LogP contribution < -0.4 is 0 Å². The average molecular weight is 402 g/mol. The van der Waals surface area contributed by atoms with Crippen molar-refractivity contribution in [1.29, 1.82) is 0 Å². The van der Waals surface area contributed by atoms with Gasteiger partial charge in [0.15, 0.2) is 15.5 Å². The molecule has 2 saturated heterocycles. The fourth-order valence-corrected chi connectivity index (χ4v) is 5.81. The molecule has 0 unspecified atom stereocenters. The number of carbonyl (C=O) groups is 1. The topological polar surface area (TPSA) is 72.3 Å². The van der Waals surface area contributed by atoms with Crippen molar-refractivity contribution in [1.82, 2.24) is 14.7 Å². The molecule has 1 atom stereocenters. The summed E-state index contributed by atoms with van der Waals surface area (Å²) in [5.41, 5.74) is 3.35. The molecule has 2 aliphatic rings. The van der Waals surface area contributed by atoms with Crippen LogP contribution in [0.25, 0.3) is 11.3 Å². The van der Waals surface area contributed by atoms with Gasteiger partial charge < -0.3 is 4.90 Å². The molecular weight excluding hydrogens is 374 g/mol. The standard InChI is InChI=1S/C21H27N3O3S/c1-16-6-8-17(9-7-16)20-14-19(21(25)23-11-4-2-3-5-12-23)22-24(20)18-10-13-28(26,27)15-18/h6-9,14,18H,2-5,10-13,15H2,1H3/t18-/m1/s1. The number of aryl methyl sites for hydroxylation is 1. The minimum Gasteiger partial charge on any atom is -0.337 e. The van der Waals surface area contributed by atoms with Gasteiger partial charge in [-0.25, -0.2) is 8.42 Å². The van der Waals surface area contributed by atoms with Gasteiger partial charge in [0.2, 0.25) is 0 Å². The quantitative estimate of drug-likeness (QED) is 0.792. The van der Waals surface area contributed by atoms with E-state index in [2.05, 4.69) is 5.10 Å². The summed E-state index contributed by atoms with van der Waals surface area (Å²) in [6.45, 7) is 3.56. The van der Waals surface area contributed by atoms with Gasteiger partial charge in [-0.05, 0) is 37.8 Å². The Morgan fingerprint density at radius 2 is 1.75 bits per heavy atom. The Balaban J connectivity index is 1.71. The lowest BCUT2D eigenvalue weighted by Gasteiger charge is -2.18. The van der Waals surface area contributed by atoms with Crippen LogP contribution in [0.2, 0.25) is 0 Å². The van der Waals surface area contributed by atoms with Crippen LogP contribution in [0.3, 0.4) is 0 Å². The van der Waals surface area contributed by atoms with Gasteiger partial charge in [0, 0.05) is 13.1 Å². The second-order valence-electron chi connectivity index (χ2n) is 7.99. The van der Waals surface area contributed by atoms with Crippen LogP contribution in [0.4, 0.5) is 0 Å². The Labute approximate surface area is 166 Å². The molecule has 1 amide bonds. The molecule has 150 valence electrons. The summed E-state index contributed by atoms with van der Waals surface area (Å²) in [5.74, 6) is 0.223. The zero-order chi connectivity index (χ0) is 19.7. The summed E-state index contributed by atoms with van der Waals surface area (Å²) in [7, 11) is -3.04. The Bertz CT molecular complexity index is 955. The SMILES string of the molecule is Cc1ccc(-c2cc(C(=O)N3CCCCCC3)nn2[C@@H]2CCS(=O)(=O)C2)cc1. The first kappa shape index (κ1) is 19.2. The van der Waals surface area contributed by atoms with E-state index in [1.165, 1.54) is 0 Å². The summed E-state index contributed by atoms with van der Waals surface area (Å²) in [6, 6.07) is 9.68. The highest BCUT2D eigenvalue weighted by Crippen LogP contribution is 2.30.